The van der Waals surface area contributed by atoms with Crippen molar-refractivity contribution in [3.05, 3.63) is 23.5 Å². The van der Waals surface area contributed by atoms with Gasteiger partial charge in [0.25, 0.3) is 11.8 Å². The van der Waals surface area contributed by atoms with Crippen LogP contribution in [0, 0.1) is 0 Å². The van der Waals surface area contributed by atoms with E-state index in [0.29, 0.717) is 6.42 Å². The average Bonchev–Trinajstić information content (AvgIpc) is 2.92. The molecule has 22 heavy (non-hydrogen) atoms. The molecule has 1 aromatic heterocycles. The lowest BCUT2D eigenvalue weighted by atomic mass is 10.2. The lowest BCUT2D eigenvalue weighted by Crippen LogP contribution is -2.48. The smallest absolute Gasteiger partial charge is 0.320 e. The number of amides is 2. The molecular weight excluding hydrogens is 292 g/mol. The second kappa shape index (κ2) is 8.12. The maximum Gasteiger partial charge on any atom is 0.320 e. The largest absolute Gasteiger partial charge is 0.480 e. The van der Waals surface area contributed by atoms with Crippen molar-refractivity contribution in [3.63, 3.8) is 0 Å². The number of carboxylic acid groups (broad SMARTS) is 1. The van der Waals surface area contributed by atoms with Gasteiger partial charge in [0.1, 0.15) is 23.7 Å². The average molecular weight is 312 g/mol. The van der Waals surface area contributed by atoms with Crippen LogP contribution in [0.2, 0.25) is 0 Å². The van der Waals surface area contributed by atoms with Gasteiger partial charge in [0.05, 0.1) is 0 Å². The fourth-order valence-corrected chi connectivity index (χ4v) is 1.63. The number of nitrogens with one attached hydrogen (secondary N) is 3. The first-order valence-corrected chi connectivity index (χ1v) is 6.59. The van der Waals surface area contributed by atoms with Gasteiger partial charge in [-0.3, -0.25) is 25.9 Å². The first kappa shape index (κ1) is 17.6. The summed E-state index contributed by atoms with van der Waals surface area (Å²) in [5.74, 6) is -2.02. The third-order valence-corrected chi connectivity index (χ3v) is 2.77. The SMILES string of the molecule is NC(N)NC(=O)c1ccc(C(=O)NCCC[C@H](N)C(=O)O)[nH]1. The van der Waals surface area contributed by atoms with E-state index in [1.807, 2.05) is 0 Å². The first-order valence-electron chi connectivity index (χ1n) is 6.59. The van der Waals surface area contributed by atoms with Crippen LogP contribution in [0.1, 0.15) is 33.8 Å². The molecule has 10 nitrogen and oxygen atoms in total. The zero-order valence-corrected chi connectivity index (χ0v) is 11.8. The lowest BCUT2D eigenvalue weighted by Gasteiger charge is -2.07. The summed E-state index contributed by atoms with van der Waals surface area (Å²) in [7, 11) is 0. The maximum atomic E-state index is 11.8. The van der Waals surface area contributed by atoms with Crippen LogP contribution in [0.25, 0.3) is 0 Å². The minimum absolute atomic E-state index is 0.152. The van der Waals surface area contributed by atoms with Gasteiger partial charge >= 0.3 is 5.97 Å². The molecule has 0 saturated carbocycles. The summed E-state index contributed by atoms with van der Waals surface area (Å²) in [6.45, 7) is 0.272. The molecule has 0 aromatic carbocycles. The monoisotopic (exact) mass is 312 g/mol. The molecule has 0 spiro atoms. The Morgan fingerprint density at radius 1 is 1.14 bits per heavy atom. The highest BCUT2D eigenvalue weighted by Crippen LogP contribution is 2.02. The van der Waals surface area contributed by atoms with Crippen LogP contribution in [0.15, 0.2) is 12.1 Å². The number of hydrogen-bond donors (Lipinski definition) is 7. The second-order valence-electron chi connectivity index (χ2n) is 4.63. The Hall–Kier alpha value is -2.43. The van der Waals surface area contributed by atoms with Crippen LogP contribution in [0.3, 0.4) is 0 Å². The van der Waals surface area contributed by atoms with E-state index < -0.39 is 30.1 Å². The lowest BCUT2D eigenvalue weighted by molar-refractivity contribution is -0.138. The Bertz CT molecular complexity index is 541. The maximum absolute atomic E-state index is 11.8. The zero-order chi connectivity index (χ0) is 16.7. The topological polar surface area (TPSA) is 189 Å². The van der Waals surface area contributed by atoms with E-state index in [9.17, 15) is 14.4 Å². The van der Waals surface area contributed by atoms with E-state index in [4.69, 9.17) is 22.3 Å². The fourth-order valence-electron chi connectivity index (χ4n) is 1.63. The molecule has 0 aliphatic rings. The number of aromatic amines is 1. The molecule has 2 amide bonds. The van der Waals surface area contributed by atoms with Crippen molar-refractivity contribution in [2.45, 2.75) is 25.2 Å². The van der Waals surface area contributed by atoms with Gasteiger partial charge in [-0.15, -0.1) is 0 Å². The molecule has 10 heteroatoms. The van der Waals surface area contributed by atoms with Crippen molar-refractivity contribution in [2.24, 2.45) is 17.2 Å². The number of H-pyrrole nitrogens is 1. The third-order valence-electron chi connectivity index (χ3n) is 2.77. The Morgan fingerprint density at radius 3 is 2.27 bits per heavy atom. The molecule has 0 fully saturated rings. The van der Waals surface area contributed by atoms with Crippen LogP contribution >= 0.6 is 0 Å². The summed E-state index contributed by atoms with van der Waals surface area (Å²) in [4.78, 5) is 36.5. The third kappa shape index (κ3) is 5.52. The van der Waals surface area contributed by atoms with E-state index in [2.05, 4.69) is 15.6 Å². The van der Waals surface area contributed by atoms with Crippen LogP contribution in [-0.4, -0.2) is 46.8 Å². The van der Waals surface area contributed by atoms with Crippen molar-refractivity contribution < 1.29 is 19.5 Å². The number of hydrogen-bond acceptors (Lipinski definition) is 6. The molecule has 1 rings (SSSR count). The van der Waals surface area contributed by atoms with Crippen molar-refractivity contribution >= 4 is 17.8 Å². The van der Waals surface area contributed by atoms with E-state index in [1.54, 1.807) is 0 Å². The van der Waals surface area contributed by atoms with E-state index in [0.717, 1.165) is 0 Å². The van der Waals surface area contributed by atoms with Gasteiger partial charge in [0.2, 0.25) is 0 Å². The highest BCUT2D eigenvalue weighted by molar-refractivity contribution is 5.97. The van der Waals surface area contributed by atoms with Gasteiger partial charge in [0, 0.05) is 6.54 Å². The molecule has 0 aliphatic heterocycles. The quantitative estimate of drug-likeness (QED) is 0.210. The molecular formula is C12H20N6O4. The van der Waals surface area contributed by atoms with Gasteiger partial charge < -0.3 is 26.5 Å². The number of carbonyl (C=O) groups is 3. The summed E-state index contributed by atoms with van der Waals surface area (Å²) in [5, 5.41) is 13.5. The highest BCUT2D eigenvalue weighted by atomic mass is 16.4. The summed E-state index contributed by atoms with van der Waals surface area (Å²) in [6, 6.07) is 1.92. The van der Waals surface area contributed by atoms with Gasteiger partial charge in [-0.05, 0) is 25.0 Å². The van der Waals surface area contributed by atoms with Gasteiger partial charge in [-0.1, -0.05) is 0 Å². The normalized spacial score (nSPS) is 12.0. The predicted molar refractivity (Wildman–Crippen MR) is 77.6 cm³/mol. The molecule has 10 N–H and O–H groups in total. The molecule has 0 aliphatic carbocycles. The number of carboxylic acids is 1. The summed E-state index contributed by atoms with van der Waals surface area (Å²) in [6.07, 6.45) is -0.316. The van der Waals surface area contributed by atoms with Crippen molar-refractivity contribution in [2.75, 3.05) is 6.54 Å². The molecule has 1 atom stereocenters. The Morgan fingerprint density at radius 2 is 1.73 bits per heavy atom. The van der Waals surface area contributed by atoms with E-state index in [1.165, 1.54) is 12.1 Å². The van der Waals surface area contributed by atoms with Crippen molar-refractivity contribution in [3.8, 4) is 0 Å². The van der Waals surface area contributed by atoms with E-state index >= 15 is 0 Å². The minimum atomic E-state index is -1.08. The van der Waals surface area contributed by atoms with Gasteiger partial charge in [0.15, 0.2) is 0 Å². The minimum Gasteiger partial charge on any atom is -0.480 e. The Balaban J connectivity index is 2.42. The molecule has 0 saturated heterocycles. The summed E-state index contributed by atoms with van der Waals surface area (Å²) >= 11 is 0. The van der Waals surface area contributed by atoms with Gasteiger partial charge in [-0.25, -0.2) is 0 Å². The molecule has 122 valence electrons. The van der Waals surface area contributed by atoms with Crippen LogP contribution < -0.4 is 27.8 Å². The van der Waals surface area contributed by atoms with E-state index in [-0.39, 0.29) is 24.4 Å². The van der Waals surface area contributed by atoms with Crippen LogP contribution in [-0.2, 0) is 4.79 Å². The predicted octanol–water partition coefficient (Wildman–Crippen LogP) is -2.13. The standard InChI is InChI=1S/C12H20N6O4/c13-6(11(21)22)2-1-5-16-9(19)7-3-4-8(17-7)10(20)18-12(14)15/h3-4,6,12,17H,1-2,5,13-15H2,(H,16,19)(H,18,20)(H,21,22)/t6-/m0/s1. The highest BCUT2D eigenvalue weighted by Gasteiger charge is 2.14. The Labute approximate surface area is 126 Å². The number of aliphatic carboxylic acids is 1. The molecule has 1 heterocycles. The second-order valence-corrected chi connectivity index (χ2v) is 4.63. The number of carbonyl (C=O) groups excluding carboxylic acids is 2. The van der Waals surface area contributed by atoms with Crippen molar-refractivity contribution in [1.29, 1.82) is 0 Å². The number of nitrogens with two attached hydrogens (primary N) is 3. The van der Waals surface area contributed by atoms with Crippen LogP contribution in [0.4, 0.5) is 0 Å². The molecule has 0 unspecified atom stereocenters. The molecule has 0 bridgehead atoms. The summed E-state index contributed by atoms with van der Waals surface area (Å²) < 4.78 is 0. The summed E-state index contributed by atoms with van der Waals surface area (Å²) in [5.41, 5.74) is 16.1. The van der Waals surface area contributed by atoms with Crippen LogP contribution in [0.5, 0.6) is 0 Å². The molecule has 1 aromatic rings. The van der Waals surface area contributed by atoms with Gasteiger partial charge in [-0.2, -0.15) is 0 Å². The fraction of sp³-hybridized carbons (Fsp3) is 0.417. The number of aromatic nitrogens is 1. The molecule has 0 radical (unpaired) electrons. The van der Waals surface area contributed by atoms with Crippen molar-refractivity contribution in [1.82, 2.24) is 15.6 Å². The Kier molecular flexibility index (Phi) is 6.50. The number of rotatable bonds is 8. The first-order chi connectivity index (χ1) is 10.3. The zero-order valence-electron chi connectivity index (χ0n) is 11.8.